The van der Waals surface area contributed by atoms with Gasteiger partial charge in [-0.1, -0.05) is 31.2 Å². The first-order valence-electron chi connectivity index (χ1n) is 8.89. The summed E-state index contributed by atoms with van der Waals surface area (Å²) in [6, 6.07) is 15.6. The molecule has 0 unspecified atom stereocenters. The molecule has 5 heteroatoms. The van der Waals surface area contributed by atoms with Crippen molar-refractivity contribution in [2.24, 2.45) is 0 Å². The van der Waals surface area contributed by atoms with Crippen molar-refractivity contribution in [3.63, 3.8) is 0 Å². The Morgan fingerprint density at radius 3 is 2.81 bits per heavy atom. The van der Waals surface area contributed by atoms with Crippen LogP contribution in [0.1, 0.15) is 29.4 Å². The molecule has 0 aliphatic carbocycles. The van der Waals surface area contributed by atoms with Crippen LogP contribution in [0.3, 0.4) is 0 Å². The third kappa shape index (κ3) is 2.90. The van der Waals surface area contributed by atoms with Crippen LogP contribution in [0.25, 0.3) is 10.9 Å². The minimum atomic E-state index is -0.0697. The predicted molar refractivity (Wildman–Crippen MR) is 101 cm³/mol. The van der Waals surface area contributed by atoms with E-state index in [-0.39, 0.29) is 12.0 Å². The first-order chi connectivity index (χ1) is 12.7. The van der Waals surface area contributed by atoms with Crippen molar-refractivity contribution in [2.75, 3.05) is 7.11 Å². The van der Waals surface area contributed by atoms with E-state index < -0.39 is 0 Å². The van der Waals surface area contributed by atoms with E-state index in [1.54, 1.807) is 7.11 Å². The van der Waals surface area contributed by atoms with Gasteiger partial charge in [0.1, 0.15) is 23.3 Å². The number of para-hydroxylation sites is 1. The summed E-state index contributed by atoms with van der Waals surface area (Å²) < 4.78 is 13.3. The zero-order valence-corrected chi connectivity index (χ0v) is 15.0. The summed E-state index contributed by atoms with van der Waals surface area (Å²) in [5.74, 6) is 1.59. The second-order valence-corrected chi connectivity index (χ2v) is 6.51. The number of carbonyl (C=O) groups is 1. The van der Waals surface area contributed by atoms with E-state index >= 15 is 0 Å². The molecule has 1 aliphatic rings. The molecule has 1 N–H and O–H groups in total. The Bertz CT molecular complexity index is 944. The zero-order valence-electron chi connectivity index (χ0n) is 15.0. The van der Waals surface area contributed by atoms with Crippen LogP contribution < -0.4 is 14.8 Å². The van der Waals surface area contributed by atoms with E-state index in [1.165, 1.54) is 0 Å². The van der Waals surface area contributed by atoms with Gasteiger partial charge in [-0.05, 0) is 36.2 Å². The van der Waals surface area contributed by atoms with E-state index in [0.717, 1.165) is 34.4 Å². The molecular formula is C21H22N2O3. The van der Waals surface area contributed by atoms with Gasteiger partial charge in [0, 0.05) is 11.9 Å². The number of methoxy groups -OCH3 is 1. The summed E-state index contributed by atoms with van der Waals surface area (Å²) >= 11 is 0. The first-order valence-corrected chi connectivity index (χ1v) is 8.89. The number of amides is 1. The quantitative estimate of drug-likeness (QED) is 0.762. The van der Waals surface area contributed by atoms with Crippen molar-refractivity contribution in [1.29, 1.82) is 0 Å². The molecule has 1 aliphatic heterocycles. The molecule has 2 aromatic carbocycles. The first kappa shape index (κ1) is 16.5. The van der Waals surface area contributed by atoms with Crippen LogP contribution in [0.15, 0.2) is 48.5 Å². The second kappa shape index (κ2) is 6.75. The average molecular weight is 350 g/mol. The second-order valence-electron chi connectivity index (χ2n) is 6.51. The SMILES string of the molecule is CC[C@@H]1Cn2c(C(=O)NCc3ccc(OC)cc3)cc3cccc(c32)O1. The molecule has 4 rings (SSSR count). The normalized spacial score (nSPS) is 15.5. The van der Waals surface area contributed by atoms with Crippen molar-refractivity contribution in [1.82, 2.24) is 9.88 Å². The molecule has 26 heavy (non-hydrogen) atoms. The van der Waals surface area contributed by atoms with E-state index in [9.17, 15) is 4.79 Å². The summed E-state index contributed by atoms with van der Waals surface area (Å²) in [6.45, 7) is 3.27. The lowest BCUT2D eigenvalue weighted by Gasteiger charge is -2.26. The van der Waals surface area contributed by atoms with Crippen LogP contribution in [-0.4, -0.2) is 23.7 Å². The fourth-order valence-electron chi connectivity index (χ4n) is 3.41. The van der Waals surface area contributed by atoms with Gasteiger partial charge in [-0.15, -0.1) is 0 Å². The van der Waals surface area contributed by atoms with Gasteiger partial charge < -0.3 is 19.4 Å². The van der Waals surface area contributed by atoms with Gasteiger partial charge >= 0.3 is 0 Å². The van der Waals surface area contributed by atoms with Gasteiger partial charge in [-0.25, -0.2) is 0 Å². The van der Waals surface area contributed by atoms with Crippen LogP contribution in [0.5, 0.6) is 11.5 Å². The molecule has 0 bridgehead atoms. The van der Waals surface area contributed by atoms with Crippen LogP contribution in [0, 0.1) is 0 Å². The Morgan fingerprint density at radius 1 is 1.27 bits per heavy atom. The lowest BCUT2D eigenvalue weighted by molar-refractivity contribution is 0.0935. The zero-order chi connectivity index (χ0) is 18.1. The molecule has 134 valence electrons. The highest BCUT2D eigenvalue weighted by atomic mass is 16.5. The van der Waals surface area contributed by atoms with Crippen molar-refractivity contribution in [2.45, 2.75) is 32.5 Å². The highest BCUT2D eigenvalue weighted by molar-refractivity contribution is 6.00. The molecule has 0 saturated heterocycles. The molecule has 2 heterocycles. The van der Waals surface area contributed by atoms with Gasteiger partial charge in [-0.3, -0.25) is 4.79 Å². The Hall–Kier alpha value is -2.95. The summed E-state index contributed by atoms with van der Waals surface area (Å²) in [7, 11) is 1.64. The van der Waals surface area contributed by atoms with E-state index in [0.29, 0.717) is 18.8 Å². The van der Waals surface area contributed by atoms with Gasteiger partial charge in [0.15, 0.2) is 0 Å². The molecule has 0 fully saturated rings. The minimum absolute atomic E-state index is 0.0697. The van der Waals surface area contributed by atoms with Gasteiger partial charge in [-0.2, -0.15) is 0 Å². The largest absolute Gasteiger partial charge is 0.497 e. The molecule has 1 atom stereocenters. The van der Waals surface area contributed by atoms with Crippen LogP contribution in [0.2, 0.25) is 0 Å². The third-order valence-electron chi connectivity index (χ3n) is 4.86. The molecule has 1 amide bonds. The van der Waals surface area contributed by atoms with Crippen LogP contribution in [-0.2, 0) is 13.1 Å². The molecule has 5 nitrogen and oxygen atoms in total. The smallest absolute Gasteiger partial charge is 0.268 e. The van der Waals surface area contributed by atoms with Crippen molar-refractivity contribution in [3.8, 4) is 11.5 Å². The number of hydrogen-bond donors (Lipinski definition) is 1. The molecule has 0 radical (unpaired) electrons. The minimum Gasteiger partial charge on any atom is -0.497 e. The fraction of sp³-hybridized carbons (Fsp3) is 0.286. The Kier molecular flexibility index (Phi) is 4.29. The van der Waals surface area contributed by atoms with E-state index in [2.05, 4.69) is 16.8 Å². The topological polar surface area (TPSA) is 52.5 Å². The summed E-state index contributed by atoms with van der Waals surface area (Å²) in [5.41, 5.74) is 2.72. The van der Waals surface area contributed by atoms with Crippen LogP contribution >= 0.6 is 0 Å². The molecule has 1 aromatic heterocycles. The summed E-state index contributed by atoms with van der Waals surface area (Å²) in [4.78, 5) is 12.8. The molecular weight excluding hydrogens is 328 g/mol. The number of ether oxygens (including phenoxy) is 2. The predicted octanol–water partition coefficient (Wildman–Crippen LogP) is 3.75. The highest BCUT2D eigenvalue weighted by Gasteiger charge is 2.25. The number of carbonyl (C=O) groups excluding carboxylic acids is 1. The Labute approximate surface area is 152 Å². The Morgan fingerprint density at radius 2 is 2.08 bits per heavy atom. The number of nitrogens with one attached hydrogen (secondary N) is 1. The average Bonchev–Trinajstić information content (AvgIpc) is 3.06. The summed E-state index contributed by atoms with van der Waals surface area (Å²) in [6.07, 6.45) is 0.995. The highest BCUT2D eigenvalue weighted by Crippen LogP contribution is 2.34. The van der Waals surface area contributed by atoms with Gasteiger partial charge in [0.2, 0.25) is 0 Å². The number of hydrogen-bond acceptors (Lipinski definition) is 3. The van der Waals surface area contributed by atoms with E-state index in [1.807, 2.05) is 48.5 Å². The molecule has 0 saturated carbocycles. The Balaban J connectivity index is 1.58. The number of rotatable bonds is 5. The lowest BCUT2D eigenvalue weighted by atomic mass is 10.2. The van der Waals surface area contributed by atoms with Crippen molar-refractivity contribution in [3.05, 3.63) is 59.8 Å². The fourth-order valence-corrected chi connectivity index (χ4v) is 3.41. The van der Waals surface area contributed by atoms with Crippen molar-refractivity contribution < 1.29 is 14.3 Å². The third-order valence-corrected chi connectivity index (χ3v) is 4.86. The number of nitrogens with zero attached hydrogens (tertiary/aromatic N) is 1. The van der Waals surface area contributed by atoms with E-state index in [4.69, 9.17) is 9.47 Å². The maximum Gasteiger partial charge on any atom is 0.268 e. The maximum absolute atomic E-state index is 12.8. The standard InChI is InChI=1S/C21H22N2O3/c1-3-16-13-23-18(11-15-5-4-6-19(26-16)20(15)23)21(24)22-12-14-7-9-17(25-2)10-8-14/h4-11,16H,3,12-13H2,1-2H3,(H,22,24)/t16-/m1/s1. The monoisotopic (exact) mass is 350 g/mol. The molecule has 0 spiro atoms. The number of benzene rings is 2. The number of aromatic nitrogens is 1. The summed E-state index contributed by atoms with van der Waals surface area (Å²) in [5, 5.41) is 4.06. The van der Waals surface area contributed by atoms with Gasteiger partial charge in [0.25, 0.3) is 5.91 Å². The lowest BCUT2D eigenvalue weighted by Crippen LogP contribution is -2.31. The van der Waals surface area contributed by atoms with Crippen molar-refractivity contribution >= 4 is 16.8 Å². The maximum atomic E-state index is 12.8. The molecule has 3 aromatic rings. The van der Waals surface area contributed by atoms with Crippen LogP contribution in [0.4, 0.5) is 0 Å². The van der Waals surface area contributed by atoms with Gasteiger partial charge in [0.05, 0.1) is 19.2 Å².